The summed E-state index contributed by atoms with van der Waals surface area (Å²) in [5.41, 5.74) is 1.27. The van der Waals surface area contributed by atoms with E-state index in [4.69, 9.17) is 0 Å². The van der Waals surface area contributed by atoms with Crippen molar-refractivity contribution < 1.29 is 9.90 Å². The van der Waals surface area contributed by atoms with E-state index in [9.17, 15) is 9.90 Å². The summed E-state index contributed by atoms with van der Waals surface area (Å²) in [6, 6.07) is 9.26. The molecule has 0 aliphatic rings. The number of carbonyl (C=O) groups excluding carboxylic acids is 1. The number of aromatic nitrogens is 1. The van der Waals surface area contributed by atoms with E-state index < -0.39 is 0 Å². The van der Waals surface area contributed by atoms with Crippen LogP contribution < -0.4 is 0 Å². The molecule has 2 aromatic rings. The van der Waals surface area contributed by atoms with E-state index in [0.29, 0.717) is 6.54 Å². The predicted molar refractivity (Wildman–Crippen MR) is 75.8 cm³/mol. The van der Waals surface area contributed by atoms with Crippen LogP contribution in [0.4, 0.5) is 0 Å². The van der Waals surface area contributed by atoms with E-state index in [1.54, 1.807) is 11.9 Å². The average molecular weight is 321 g/mol. The van der Waals surface area contributed by atoms with Crippen molar-refractivity contribution in [2.75, 3.05) is 7.05 Å². The number of aromatic hydroxyl groups is 1. The molecule has 4 nitrogen and oxygen atoms in total. The largest absolute Gasteiger partial charge is 0.505 e. The number of hydrogen-bond donors (Lipinski definition) is 1. The lowest BCUT2D eigenvalue weighted by molar-refractivity contribution is 0.0782. The minimum absolute atomic E-state index is 0.103. The predicted octanol–water partition coefficient (Wildman–Crippen LogP) is 2.82. The quantitative estimate of drug-likeness (QED) is 0.946. The number of pyridine rings is 1. The minimum Gasteiger partial charge on any atom is -0.505 e. The van der Waals surface area contributed by atoms with E-state index in [0.717, 1.165) is 10.0 Å². The van der Waals surface area contributed by atoms with Crippen LogP contribution >= 0.6 is 15.9 Å². The molecular formula is C14H13BrN2O2. The van der Waals surface area contributed by atoms with Gasteiger partial charge in [0.2, 0.25) is 0 Å². The number of nitrogens with zero attached hydrogens (tertiary/aromatic N) is 2. The Bertz CT molecular complexity index is 602. The Kier molecular flexibility index (Phi) is 4.16. The van der Waals surface area contributed by atoms with Gasteiger partial charge in [-0.25, -0.2) is 0 Å². The molecule has 1 aromatic carbocycles. The van der Waals surface area contributed by atoms with Gasteiger partial charge in [0.15, 0.2) is 0 Å². The van der Waals surface area contributed by atoms with Gasteiger partial charge in [0.1, 0.15) is 5.75 Å². The molecule has 0 saturated carbocycles. The Balaban J connectivity index is 2.14. The molecule has 1 amide bonds. The standard InChI is InChI=1S/C14H13BrN2O2/c1-17(9-10-3-2-4-11(15)7-10)14(19)12-5-6-16-8-13(12)18/h2-8,18H,9H2,1H3. The summed E-state index contributed by atoms with van der Waals surface area (Å²) in [6.07, 6.45) is 2.75. The van der Waals surface area contributed by atoms with E-state index in [-0.39, 0.29) is 17.2 Å². The van der Waals surface area contributed by atoms with Gasteiger partial charge < -0.3 is 10.0 Å². The third-order valence-corrected chi connectivity index (χ3v) is 3.18. The number of hydrogen-bond acceptors (Lipinski definition) is 3. The highest BCUT2D eigenvalue weighted by molar-refractivity contribution is 9.10. The number of amides is 1. The van der Waals surface area contributed by atoms with Crippen molar-refractivity contribution in [1.29, 1.82) is 0 Å². The molecule has 19 heavy (non-hydrogen) atoms. The van der Waals surface area contributed by atoms with Crippen molar-refractivity contribution in [2.24, 2.45) is 0 Å². The second-order valence-corrected chi connectivity index (χ2v) is 5.10. The first kappa shape index (κ1) is 13.5. The lowest BCUT2D eigenvalue weighted by atomic mass is 10.2. The van der Waals surface area contributed by atoms with Crippen LogP contribution in [-0.2, 0) is 6.54 Å². The van der Waals surface area contributed by atoms with Crippen molar-refractivity contribution in [1.82, 2.24) is 9.88 Å². The maximum atomic E-state index is 12.2. The molecule has 0 saturated heterocycles. The first-order valence-corrected chi connectivity index (χ1v) is 6.50. The monoisotopic (exact) mass is 320 g/mol. The first-order valence-electron chi connectivity index (χ1n) is 5.71. The Morgan fingerprint density at radius 3 is 2.89 bits per heavy atom. The van der Waals surface area contributed by atoms with Gasteiger partial charge in [-0.1, -0.05) is 28.1 Å². The summed E-state index contributed by atoms with van der Waals surface area (Å²) in [6.45, 7) is 0.472. The summed E-state index contributed by atoms with van der Waals surface area (Å²) < 4.78 is 0.970. The Labute approximate surface area is 119 Å². The second-order valence-electron chi connectivity index (χ2n) is 4.18. The Hall–Kier alpha value is -1.88. The normalized spacial score (nSPS) is 10.2. The number of rotatable bonds is 3. The zero-order chi connectivity index (χ0) is 13.8. The van der Waals surface area contributed by atoms with Gasteiger partial charge in [-0.15, -0.1) is 0 Å². The fourth-order valence-corrected chi connectivity index (χ4v) is 2.20. The fraction of sp³-hybridized carbons (Fsp3) is 0.143. The SMILES string of the molecule is CN(Cc1cccc(Br)c1)C(=O)c1ccncc1O. The van der Waals surface area contributed by atoms with E-state index in [1.165, 1.54) is 18.5 Å². The Morgan fingerprint density at radius 1 is 1.42 bits per heavy atom. The van der Waals surface area contributed by atoms with E-state index in [2.05, 4.69) is 20.9 Å². The molecule has 0 aliphatic carbocycles. The summed E-state index contributed by atoms with van der Waals surface area (Å²) in [5.74, 6) is -0.339. The Morgan fingerprint density at radius 2 is 2.21 bits per heavy atom. The van der Waals surface area contributed by atoms with Crippen molar-refractivity contribution in [3.05, 3.63) is 58.3 Å². The lowest BCUT2D eigenvalue weighted by Gasteiger charge is -2.17. The molecule has 0 aliphatic heterocycles. The van der Waals surface area contributed by atoms with Gasteiger partial charge in [0, 0.05) is 24.3 Å². The van der Waals surface area contributed by atoms with Crippen LogP contribution in [-0.4, -0.2) is 27.9 Å². The zero-order valence-electron chi connectivity index (χ0n) is 10.4. The lowest BCUT2D eigenvalue weighted by Crippen LogP contribution is -2.26. The molecule has 0 spiro atoms. The molecule has 2 rings (SSSR count). The fourth-order valence-electron chi connectivity index (χ4n) is 1.75. The van der Waals surface area contributed by atoms with Gasteiger partial charge >= 0.3 is 0 Å². The smallest absolute Gasteiger partial charge is 0.257 e. The summed E-state index contributed by atoms with van der Waals surface area (Å²) >= 11 is 3.39. The van der Waals surface area contributed by atoms with Crippen molar-refractivity contribution in [3.63, 3.8) is 0 Å². The summed E-state index contributed by atoms with van der Waals surface area (Å²) in [4.78, 5) is 17.5. The molecule has 98 valence electrons. The van der Waals surface area contributed by atoms with Crippen LogP contribution in [0.25, 0.3) is 0 Å². The summed E-state index contributed by atoms with van der Waals surface area (Å²) in [5, 5.41) is 9.62. The van der Waals surface area contributed by atoms with Crippen molar-refractivity contribution in [2.45, 2.75) is 6.54 Å². The van der Waals surface area contributed by atoms with Crippen LogP contribution in [0.2, 0.25) is 0 Å². The van der Waals surface area contributed by atoms with Crippen molar-refractivity contribution in [3.8, 4) is 5.75 Å². The third-order valence-electron chi connectivity index (χ3n) is 2.69. The van der Waals surface area contributed by atoms with E-state index >= 15 is 0 Å². The molecule has 1 aromatic heterocycles. The first-order chi connectivity index (χ1) is 9.08. The number of carbonyl (C=O) groups is 1. The van der Waals surface area contributed by atoms with Crippen LogP contribution in [0.5, 0.6) is 5.75 Å². The number of benzene rings is 1. The minimum atomic E-state index is -0.236. The highest BCUT2D eigenvalue weighted by Gasteiger charge is 2.15. The summed E-state index contributed by atoms with van der Waals surface area (Å²) in [7, 11) is 1.70. The molecule has 1 heterocycles. The highest BCUT2D eigenvalue weighted by Crippen LogP contribution is 2.18. The number of halogens is 1. The van der Waals surface area contributed by atoms with Gasteiger partial charge in [-0.2, -0.15) is 0 Å². The zero-order valence-corrected chi connectivity index (χ0v) is 12.0. The molecule has 0 fully saturated rings. The van der Waals surface area contributed by atoms with Gasteiger partial charge in [0.25, 0.3) is 5.91 Å². The molecule has 0 radical (unpaired) electrons. The molecule has 5 heteroatoms. The van der Waals surface area contributed by atoms with Crippen LogP contribution in [0.3, 0.4) is 0 Å². The third kappa shape index (κ3) is 3.32. The highest BCUT2D eigenvalue weighted by atomic mass is 79.9. The van der Waals surface area contributed by atoms with Crippen molar-refractivity contribution >= 4 is 21.8 Å². The maximum absolute atomic E-state index is 12.2. The average Bonchev–Trinajstić information content (AvgIpc) is 2.38. The van der Waals surface area contributed by atoms with Gasteiger partial charge in [-0.05, 0) is 23.8 Å². The molecule has 0 atom stereocenters. The topological polar surface area (TPSA) is 53.4 Å². The van der Waals surface area contributed by atoms with Gasteiger partial charge in [0.05, 0.1) is 11.8 Å². The van der Waals surface area contributed by atoms with Crippen LogP contribution in [0, 0.1) is 0 Å². The van der Waals surface area contributed by atoms with Crippen LogP contribution in [0.15, 0.2) is 47.2 Å². The molecule has 0 bridgehead atoms. The molecule has 1 N–H and O–H groups in total. The van der Waals surface area contributed by atoms with Crippen LogP contribution in [0.1, 0.15) is 15.9 Å². The molecular weight excluding hydrogens is 308 g/mol. The van der Waals surface area contributed by atoms with Gasteiger partial charge in [-0.3, -0.25) is 9.78 Å². The maximum Gasteiger partial charge on any atom is 0.257 e. The van der Waals surface area contributed by atoms with E-state index in [1.807, 2.05) is 24.3 Å². The molecule has 0 unspecified atom stereocenters. The second kappa shape index (κ2) is 5.84.